The van der Waals surface area contributed by atoms with Crippen molar-refractivity contribution in [3.05, 3.63) is 41.2 Å². The second-order valence-corrected chi connectivity index (χ2v) is 7.97. The number of carbonyl (C=O) groups is 1. The number of benzene rings is 1. The van der Waals surface area contributed by atoms with Crippen molar-refractivity contribution in [3.63, 3.8) is 0 Å². The summed E-state index contributed by atoms with van der Waals surface area (Å²) in [6.07, 6.45) is 5.91. The molecule has 0 spiro atoms. The molecule has 0 saturated carbocycles. The van der Waals surface area contributed by atoms with E-state index >= 15 is 0 Å². The number of nitrogens with zero attached hydrogens (tertiary/aromatic N) is 3. The van der Waals surface area contributed by atoms with Crippen LogP contribution in [0.4, 0.5) is 15.2 Å². The van der Waals surface area contributed by atoms with Crippen molar-refractivity contribution in [2.75, 3.05) is 42.5 Å². The summed E-state index contributed by atoms with van der Waals surface area (Å²) in [5.74, 6) is -0.292. The molecule has 152 valence electrons. The number of aromatic nitrogens is 1. The summed E-state index contributed by atoms with van der Waals surface area (Å²) in [4.78, 5) is 21.3. The van der Waals surface area contributed by atoms with E-state index in [1.54, 1.807) is 0 Å². The third-order valence-corrected chi connectivity index (χ3v) is 5.93. The highest BCUT2D eigenvalue weighted by atomic mass is 32.1. The molecule has 7 heteroatoms. The highest BCUT2D eigenvalue weighted by molar-refractivity contribution is 7.13. The fraction of sp³-hybridized carbons (Fsp3) is 0.524. The van der Waals surface area contributed by atoms with Crippen LogP contribution in [0.1, 0.15) is 49.5 Å². The van der Waals surface area contributed by atoms with E-state index in [4.69, 9.17) is 0 Å². The lowest BCUT2D eigenvalue weighted by Gasteiger charge is -2.36. The van der Waals surface area contributed by atoms with E-state index in [1.165, 1.54) is 42.7 Å². The van der Waals surface area contributed by atoms with E-state index in [2.05, 4.69) is 27.0 Å². The van der Waals surface area contributed by atoms with Crippen molar-refractivity contribution in [2.24, 2.45) is 0 Å². The number of anilines is 2. The van der Waals surface area contributed by atoms with Gasteiger partial charge < -0.3 is 15.1 Å². The molecule has 0 unspecified atom stereocenters. The largest absolute Gasteiger partial charge is 0.368 e. The quantitative estimate of drug-likeness (QED) is 0.633. The van der Waals surface area contributed by atoms with E-state index in [9.17, 15) is 9.18 Å². The Morgan fingerprint density at radius 3 is 2.46 bits per heavy atom. The average Bonchev–Trinajstić information content (AvgIpc) is 3.22. The van der Waals surface area contributed by atoms with Crippen LogP contribution < -0.4 is 15.1 Å². The maximum absolute atomic E-state index is 13.1. The van der Waals surface area contributed by atoms with E-state index in [0.29, 0.717) is 12.2 Å². The monoisotopic (exact) mass is 404 g/mol. The number of nitrogens with one attached hydrogen (secondary N) is 1. The first-order valence-electron chi connectivity index (χ1n) is 10.2. The van der Waals surface area contributed by atoms with E-state index in [1.807, 2.05) is 17.5 Å². The number of thiazole rings is 1. The summed E-state index contributed by atoms with van der Waals surface area (Å²) < 4.78 is 13.1. The first kappa shape index (κ1) is 20.6. The second-order valence-electron chi connectivity index (χ2n) is 7.14. The van der Waals surface area contributed by atoms with Crippen molar-refractivity contribution in [1.29, 1.82) is 0 Å². The molecule has 0 bridgehead atoms. The number of unbranched alkanes of at least 4 members (excludes halogenated alkanes) is 4. The Morgan fingerprint density at radius 2 is 1.75 bits per heavy atom. The lowest BCUT2D eigenvalue weighted by Crippen LogP contribution is -2.46. The van der Waals surface area contributed by atoms with Gasteiger partial charge >= 0.3 is 0 Å². The molecule has 1 aliphatic heterocycles. The van der Waals surface area contributed by atoms with Crippen molar-refractivity contribution in [2.45, 2.75) is 39.0 Å². The van der Waals surface area contributed by atoms with Gasteiger partial charge in [-0.25, -0.2) is 9.37 Å². The number of hydrogen-bond acceptors (Lipinski definition) is 5. The molecule has 3 rings (SSSR count). The van der Waals surface area contributed by atoms with Gasteiger partial charge in [0.2, 0.25) is 0 Å². The molecule has 0 radical (unpaired) electrons. The smallest absolute Gasteiger partial charge is 0.270 e. The summed E-state index contributed by atoms with van der Waals surface area (Å²) in [6.45, 7) is 6.29. The molecule has 1 aliphatic rings. The molecule has 0 aliphatic carbocycles. The fourth-order valence-corrected chi connectivity index (χ4v) is 4.20. The number of piperazine rings is 1. The SMILES string of the molecule is CCCCCCCNC(=O)c1csc(N2CCN(c3ccc(F)cc3)CC2)n1. The molecule has 1 saturated heterocycles. The van der Waals surface area contributed by atoms with Gasteiger partial charge in [-0.3, -0.25) is 4.79 Å². The minimum absolute atomic E-state index is 0.0806. The average molecular weight is 405 g/mol. The minimum Gasteiger partial charge on any atom is -0.368 e. The van der Waals surface area contributed by atoms with Crippen LogP contribution in [0, 0.1) is 5.82 Å². The third kappa shape index (κ3) is 5.67. The first-order chi connectivity index (χ1) is 13.7. The van der Waals surface area contributed by atoms with Crippen molar-refractivity contribution in [3.8, 4) is 0 Å². The van der Waals surface area contributed by atoms with Gasteiger partial charge in [0.1, 0.15) is 11.5 Å². The second kappa shape index (κ2) is 10.4. The number of halogens is 1. The summed E-state index contributed by atoms with van der Waals surface area (Å²) in [5, 5.41) is 5.71. The summed E-state index contributed by atoms with van der Waals surface area (Å²) in [6, 6.07) is 6.63. The van der Waals surface area contributed by atoms with Crippen LogP contribution in [0.2, 0.25) is 0 Å². The maximum Gasteiger partial charge on any atom is 0.270 e. The van der Waals surface area contributed by atoms with E-state index < -0.39 is 0 Å². The fourth-order valence-electron chi connectivity index (χ4n) is 3.34. The normalized spacial score (nSPS) is 14.4. The van der Waals surface area contributed by atoms with Crippen molar-refractivity contribution in [1.82, 2.24) is 10.3 Å². The third-order valence-electron chi connectivity index (χ3n) is 5.03. The summed E-state index contributed by atoms with van der Waals surface area (Å²) in [7, 11) is 0. The van der Waals surface area contributed by atoms with Gasteiger partial charge in [0.25, 0.3) is 5.91 Å². The van der Waals surface area contributed by atoms with Crippen LogP contribution >= 0.6 is 11.3 Å². The Kier molecular flexibility index (Phi) is 7.65. The van der Waals surface area contributed by atoms with Crippen LogP contribution in [0.5, 0.6) is 0 Å². The highest BCUT2D eigenvalue weighted by Gasteiger charge is 2.21. The van der Waals surface area contributed by atoms with E-state index in [-0.39, 0.29) is 11.7 Å². The van der Waals surface area contributed by atoms with Gasteiger partial charge in [-0.05, 0) is 30.7 Å². The van der Waals surface area contributed by atoms with Crippen molar-refractivity contribution < 1.29 is 9.18 Å². The lowest BCUT2D eigenvalue weighted by molar-refractivity contribution is 0.0948. The highest BCUT2D eigenvalue weighted by Crippen LogP contribution is 2.24. The number of amides is 1. The molecule has 1 N–H and O–H groups in total. The van der Waals surface area contributed by atoms with E-state index in [0.717, 1.165) is 49.8 Å². The van der Waals surface area contributed by atoms with Gasteiger partial charge in [0, 0.05) is 43.8 Å². The number of carbonyl (C=O) groups excluding carboxylic acids is 1. The van der Waals surface area contributed by atoms with Gasteiger partial charge in [-0.1, -0.05) is 32.6 Å². The summed E-state index contributed by atoms with van der Waals surface area (Å²) in [5.41, 5.74) is 1.55. The van der Waals surface area contributed by atoms with Gasteiger partial charge in [0.15, 0.2) is 5.13 Å². The van der Waals surface area contributed by atoms with Crippen LogP contribution in [0.3, 0.4) is 0 Å². The van der Waals surface area contributed by atoms with Gasteiger partial charge in [-0.15, -0.1) is 11.3 Å². The molecule has 2 aromatic rings. The molecule has 28 heavy (non-hydrogen) atoms. The van der Waals surface area contributed by atoms with Crippen LogP contribution in [0.25, 0.3) is 0 Å². The minimum atomic E-state index is -0.211. The first-order valence-corrected chi connectivity index (χ1v) is 11.0. The maximum atomic E-state index is 13.1. The van der Waals surface area contributed by atoms with Crippen molar-refractivity contribution >= 4 is 28.1 Å². The zero-order chi connectivity index (χ0) is 19.8. The van der Waals surface area contributed by atoms with Gasteiger partial charge in [-0.2, -0.15) is 0 Å². The standard InChI is InChI=1S/C21H29FN4OS/c1-2-3-4-5-6-11-23-20(27)19-16-28-21(24-19)26-14-12-25(13-15-26)18-9-7-17(22)8-10-18/h7-10,16H,2-6,11-15H2,1H3,(H,23,27). The molecule has 1 aromatic carbocycles. The predicted molar refractivity (Wildman–Crippen MR) is 114 cm³/mol. The Balaban J connectivity index is 1.44. The van der Waals surface area contributed by atoms with Crippen LogP contribution in [0.15, 0.2) is 29.6 Å². The van der Waals surface area contributed by atoms with Crippen LogP contribution in [-0.2, 0) is 0 Å². The molecular weight excluding hydrogens is 375 g/mol. The molecule has 1 fully saturated rings. The summed E-state index contributed by atoms with van der Waals surface area (Å²) >= 11 is 1.52. The van der Waals surface area contributed by atoms with Crippen LogP contribution in [-0.4, -0.2) is 43.6 Å². The Bertz CT molecular complexity index is 741. The molecular formula is C21H29FN4OS. The van der Waals surface area contributed by atoms with Gasteiger partial charge in [0.05, 0.1) is 0 Å². The molecule has 5 nitrogen and oxygen atoms in total. The molecule has 2 heterocycles. The number of hydrogen-bond donors (Lipinski definition) is 1. The Labute approximate surface area is 170 Å². The Hall–Kier alpha value is -2.15. The molecule has 1 amide bonds. The Morgan fingerprint density at radius 1 is 1.07 bits per heavy atom. The topological polar surface area (TPSA) is 48.5 Å². The zero-order valence-electron chi connectivity index (χ0n) is 16.5. The lowest BCUT2D eigenvalue weighted by atomic mass is 10.1. The molecule has 0 atom stereocenters. The zero-order valence-corrected chi connectivity index (χ0v) is 17.3. The molecule has 1 aromatic heterocycles. The number of rotatable bonds is 9. The predicted octanol–water partition coefficient (Wildman–Crippen LogP) is 4.31.